The maximum atomic E-state index is 4.82. The van der Waals surface area contributed by atoms with Crippen LogP contribution < -0.4 is 5.32 Å². The van der Waals surface area contributed by atoms with Crippen LogP contribution in [-0.4, -0.2) is 29.0 Å². The average molecular weight is 291 g/mol. The van der Waals surface area contributed by atoms with Gasteiger partial charge in [0.05, 0.1) is 5.69 Å². The number of hydrogen-bond acceptors (Lipinski definition) is 4. The van der Waals surface area contributed by atoms with Crippen LogP contribution in [0.4, 0.5) is 0 Å². The summed E-state index contributed by atoms with van der Waals surface area (Å²) in [5, 5.41) is 7.10. The number of hydrogen-bond donors (Lipinski definition) is 1. The summed E-state index contributed by atoms with van der Waals surface area (Å²) in [5.74, 6) is 1.98. The van der Waals surface area contributed by atoms with Gasteiger partial charge in [-0.3, -0.25) is 4.90 Å². The highest BCUT2D eigenvalue weighted by atomic mass is 32.1. The summed E-state index contributed by atoms with van der Waals surface area (Å²) < 4.78 is 0. The van der Waals surface area contributed by atoms with Crippen molar-refractivity contribution in [2.24, 2.45) is 11.8 Å². The second-order valence-corrected chi connectivity index (χ2v) is 7.91. The summed E-state index contributed by atoms with van der Waals surface area (Å²) in [5.41, 5.74) is 1.30. The van der Waals surface area contributed by atoms with Gasteiger partial charge in [0.1, 0.15) is 5.01 Å². The van der Waals surface area contributed by atoms with Crippen LogP contribution in [-0.2, 0) is 13.1 Å². The number of rotatable bonds is 9. The highest BCUT2D eigenvalue weighted by molar-refractivity contribution is 7.09. The zero-order valence-corrected chi connectivity index (χ0v) is 13.0. The monoisotopic (exact) mass is 291 g/mol. The van der Waals surface area contributed by atoms with E-state index in [1.54, 1.807) is 0 Å². The smallest absolute Gasteiger partial charge is 0.107 e. The third kappa shape index (κ3) is 4.03. The molecule has 110 valence electrons. The van der Waals surface area contributed by atoms with Gasteiger partial charge in [-0.2, -0.15) is 0 Å². The lowest BCUT2D eigenvalue weighted by Crippen LogP contribution is -2.28. The van der Waals surface area contributed by atoms with Crippen molar-refractivity contribution in [2.45, 2.75) is 57.7 Å². The van der Waals surface area contributed by atoms with Gasteiger partial charge in [-0.1, -0.05) is 0 Å². The lowest BCUT2D eigenvalue weighted by atomic mass is 10.3. The molecule has 0 unspecified atom stereocenters. The highest BCUT2D eigenvalue weighted by Gasteiger charge is 2.29. The first kappa shape index (κ1) is 13.2. The standard InChI is InChI=1S/C16H25N3S/c1-2-12(1)8-19(9-13-3-4-13)10-15-11-20-16(18-15)7-17-14-5-6-14/h11-14,17H,1-10H2. The minimum absolute atomic E-state index is 0.781. The molecule has 0 spiro atoms. The fourth-order valence-electron chi connectivity index (χ4n) is 2.79. The van der Waals surface area contributed by atoms with Crippen LogP contribution in [0, 0.1) is 11.8 Å². The fourth-order valence-corrected chi connectivity index (χ4v) is 3.52. The molecule has 0 saturated heterocycles. The van der Waals surface area contributed by atoms with Crippen molar-refractivity contribution in [1.82, 2.24) is 15.2 Å². The number of aromatic nitrogens is 1. The summed E-state index contributed by atoms with van der Waals surface area (Å²) in [7, 11) is 0. The molecule has 0 bridgehead atoms. The minimum Gasteiger partial charge on any atom is -0.308 e. The van der Waals surface area contributed by atoms with Gasteiger partial charge < -0.3 is 5.32 Å². The van der Waals surface area contributed by atoms with E-state index in [2.05, 4.69) is 15.6 Å². The summed E-state index contributed by atoms with van der Waals surface area (Å²) in [6.45, 7) is 4.67. The van der Waals surface area contributed by atoms with Crippen molar-refractivity contribution in [2.75, 3.05) is 13.1 Å². The van der Waals surface area contributed by atoms with Gasteiger partial charge in [0, 0.05) is 37.6 Å². The Morgan fingerprint density at radius 3 is 2.40 bits per heavy atom. The Bertz CT molecular complexity index is 432. The molecule has 1 heterocycles. The fraction of sp³-hybridized carbons (Fsp3) is 0.812. The number of nitrogens with one attached hydrogen (secondary N) is 1. The first-order valence-electron chi connectivity index (χ1n) is 8.24. The Morgan fingerprint density at radius 2 is 1.80 bits per heavy atom. The van der Waals surface area contributed by atoms with Crippen molar-refractivity contribution in [3.63, 3.8) is 0 Å². The molecular formula is C16H25N3S. The molecule has 0 amide bonds. The molecule has 1 N–H and O–H groups in total. The van der Waals surface area contributed by atoms with Crippen LogP contribution in [0.1, 0.15) is 49.2 Å². The molecule has 4 heteroatoms. The van der Waals surface area contributed by atoms with Crippen LogP contribution in [0.5, 0.6) is 0 Å². The van der Waals surface area contributed by atoms with Crippen LogP contribution in [0.25, 0.3) is 0 Å². The van der Waals surface area contributed by atoms with Gasteiger partial charge in [-0.25, -0.2) is 4.98 Å². The third-order valence-electron chi connectivity index (χ3n) is 4.53. The van der Waals surface area contributed by atoms with E-state index in [4.69, 9.17) is 4.98 Å². The Morgan fingerprint density at radius 1 is 1.10 bits per heavy atom. The molecule has 0 radical (unpaired) electrons. The van der Waals surface area contributed by atoms with Crippen molar-refractivity contribution in [3.05, 3.63) is 16.1 Å². The van der Waals surface area contributed by atoms with E-state index < -0.39 is 0 Å². The van der Waals surface area contributed by atoms with E-state index in [0.717, 1.165) is 31.0 Å². The Labute approximate surface area is 125 Å². The van der Waals surface area contributed by atoms with Crippen LogP contribution in [0.2, 0.25) is 0 Å². The van der Waals surface area contributed by atoms with Gasteiger partial charge in [0.2, 0.25) is 0 Å². The summed E-state index contributed by atoms with van der Waals surface area (Å²) in [4.78, 5) is 7.49. The van der Waals surface area contributed by atoms with E-state index in [1.807, 2.05) is 11.3 Å². The second-order valence-electron chi connectivity index (χ2n) is 6.97. The molecule has 1 aromatic heterocycles. The maximum Gasteiger partial charge on any atom is 0.107 e. The van der Waals surface area contributed by atoms with Crippen LogP contribution in [0.3, 0.4) is 0 Å². The van der Waals surface area contributed by atoms with Crippen LogP contribution in [0.15, 0.2) is 5.38 Å². The quantitative estimate of drug-likeness (QED) is 0.758. The molecular weight excluding hydrogens is 266 g/mol. The highest BCUT2D eigenvalue weighted by Crippen LogP contribution is 2.34. The van der Waals surface area contributed by atoms with E-state index >= 15 is 0 Å². The first-order valence-corrected chi connectivity index (χ1v) is 9.12. The maximum absolute atomic E-state index is 4.82. The molecule has 0 aliphatic heterocycles. The van der Waals surface area contributed by atoms with Crippen LogP contribution >= 0.6 is 11.3 Å². The zero-order valence-electron chi connectivity index (χ0n) is 12.2. The van der Waals surface area contributed by atoms with Crippen molar-refractivity contribution in [1.29, 1.82) is 0 Å². The van der Waals surface area contributed by atoms with Gasteiger partial charge in [-0.05, 0) is 50.4 Å². The molecule has 3 fully saturated rings. The van der Waals surface area contributed by atoms with Crippen molar-refractivity contribution < 1.29 is 0 Å². The zero-order chi connectivity index (χ0) is 13.4. The molecule has 3 aliphatic carbocycles. The van der Waals surface area contributed by atoms with Crippen molar-refractivity contribution in [3.8, 4) is 0 Å². The molecule has 20 heavy (non-hydrogen) atoms. The molecule has 3 saturated carbocycles. The van der Waals surface area contributed by atoms with Gasteiger partial charge in [0.25, 0.3) is 0 Å². The SMILES string of the molecule is c1sc(CNC2CC2)nc1CN(CC1CC1)CC1CC1. The van der Waals surface area contributed by atoms with E-state index in [0.29, 0.717) is 0 Å². The molecule has 3 nitrogen and oxygen atoms in total. The molecule has 3 aliphatic rings. The lowest BCUT2D eigenvalue weighted by Gasteiger charge is -2.20. The first-order chi connectivity index (χ1) is 9.85. The Hall–Kier alpha value is -0.450. The second kappa shape index (κ2) is 5.74. The number of thiazole rings is 1. The minimum atomic E-state index is 0.781. The van der Waals surface area contributed by atoms with E-state index in [9.17, 15) is 0 Å². The topological polar surface area (TPSA) is 28.2 Å². The lowest BCUT2D eigenvalue weighted by molar-refractivity contribution is 0.242. The van der Waals surface area contributed by atoms with E-state index in [1.165, 1.54) is 62.3 Å². The van der Waals surface area contributed by atoms with Gasteiger partial charge >= 0.3 is 0 Å². The third-order valence-corrected chi connectivity index (χ3v) is 5.43. The predicted octanol–water partition coefficient (Wildman–Crippen LogP) is 3.02. The average Bonchev–Trinajstić information content (AvgIpc) is 3.27. The largest absolute Gasteiger partial charge is 0.308 e. The van der Waals surface area contributed by atoms with Gasteiger partial charge in [0.15, 0.2) is 0 Å². The number of nitrogens with zero attached hydrogens (tertiary/aromatic N) is 2. The Kier molecular flexibility index (Phi) is 3.80. The van der Waals surface area contributed by atoms with Gasteiger partial charge in [-0.15, -0.1) is 11.3 Å². The molecule has 1 aromatic rings. The molecule has 0 aromatic carbocycles. The summed E-state index contributed by atoms with van der Waals surface area (Å²) in [6, 6.07) is 0.781. The Balaban J connectivity index is 1.30. The van der Waals surface area contributed by atoms with Crippen molar-refractivity contribution >= 4 is 11.3 Å². The molecule has 0 atom stereocenters. The molecule has 4 rings (SSSR count). The normalized spacial score (nSPS) is 22.6. The summed E-state index contributed by atoms with van der Waals surface area (Å²) in [6.07, 6.45) is 8.52. The van der Waals surface area contributed by atoms with E-state index in [-0.39, 0.29) is 0 Å². The summed E-state index contributed by atoms with van der Waals surface area (Å²) >= 11 is 1.83. The predicted molar refractivity (Wildman–Crippen MR) is 82.7 cm³/mol.